The van der Waals surface area contributed by atoms with Crippen molar-refractivity contribution in [2.75, 3.05) is 11.9 Å². The van der Waals surface area contributed by atoms with Crippen LogP contribution in [0, 0.1) is 5.41 Å². The van der Waals surface area contributed by atoms with Crippen LogP contribution in [-0.2, 0) is 4.79 Å². The number of nitrogens with one attached hydrogen (secondary N) is 2. The molecular weight excluding hydrogens is 272 g/mol. The van der Waals surface area contributed by atoms with Gasteiger partial charge < -0.3 is 10.4 Å². The van der Waals surface area contributed by atoms with E-state index < -0.39 is 12.0 Å². The summed E-state index contributed by atoms with van der Waals surface area (Å²) in [6.45, 7) is 0.359. The molecule has 2 rings (SSSR count). The molecule has 3 N–H and O–H groups in total. The number of hydrogen-bond acceptors (Lipinski definition) is 4. The lowest BCUT2D eigenvalue weighted by atomic mass is 9.72. The summed E-state index contributed by atoms with van der Waals surface area (Å²) < 4.78 is 0. The van der Waals surface area contributed by atoms with Gasteiger partial charge >= 0.3 is 12.0 Å². The molecule has 7 heteroatoms. The molecule has 0 bridgehead atoms. The first kappa shape index (κ1) is 15.2. The number of nitrogens with zero attached hydrogens (tertiary/aromatic N) is 2. The van der Waals surface area contributed by atoms with Crippen molar-refractivity contribution in [3.05, 3.63) is 18.5 Å². The van der Waals surface area contributed by atoms with E-state index in [1.807, 2.05) is 0 Å². The lowest BCUT2D eigenvalue weighted by Gasteiger charge is -2.36. The monoisotopic (exact) mass is 292 g/mol. The van der Waals surface area contributed by atoms with Gasteiger partial charge in [-0.05, 0) is 24.3 Å². The fourth-order valence-electron chi connectivity index (χ4n) is 2.82. The number of hydrogen-bond donors (Lipinski definition) is 3. The maximum atomic E-state index is 11.8. The molecule has 0 radical (unpaired) electrons. The van der Waals surface area contributed by atoms with Crippen LogP contribution in [0.25, 0.3) is 0 Å². The number of carbonyl (C=O) groups excluding carboxylic acids is 1. The van der Waals surface area contributed by atoms with Gasteiger partial charge in [-0.25, -0.2) is 14.8 Å². The average molecular weight is 292 g/mol. The highest BCUT2D eigenvalue weighted by molar-refractivity contribution is 5.87. The Hall–Kier alpha value is -2.18. The van der Waals surface area contributed by atoms with Gasteiger partial charge in [0.25, 0.3) is 0 Å². The van der Waals surface area contributed by atoms with Gasteiger partial charge in [-0.15, -0.1) is 0 Å². The summed E-state index contributed by atoms with van der Waals surface area (Å²) in [6, 6.07) is 1.25. The molecule has 0 aromatic carbocycles. The molecule has 21 heavy (non-hydrogen) atoms. The highest BCUT2D eigenvalue weighted by atomic mass is 16.4. The Kier molecular flexibility index (Phi) is 5.08. The Bertz CT molecular complexity index is 486. The van der Waals surface area contributed by atoms with Crippen molar-refractivity contribution in [3.63, 3.8) is 0 Å². The number of carboxylic acids is 1. The highest BCUT2D eigenvalue weighted by Crippen LogP contribution is 2.38. The van der Waals surface area contributed by atoms with E-state index in [-0.39, 0.29) is 17.8 Å². The quantitative estimate of drug-likeness (QED) is 0.770. The van der Waals surface area contributed by atoms with Crippen LogP contribution in [0.1, 0.15) is 38.5 Å². The molecule has 1 saturated carbocycles. The van der Waals surface area contributed by atoms with Crippen LogP contribution in [0.4, 0.5) is 10.7 Å². The molecule has 1 aliphatic rings. The number of amides is 2. The van der Waals surface area contributed by atoms with Gasteiger partial charge in [0.2, 0.25) is 5.95 Å². The van der Waals surface area contributed by atoms with Crippen LogP contribution in [0.15, 0.2) is 18.5 Å². The van der Waals surface area contributed by atoms with Crippen molar-refractivity contribution >= 4 is 17.9 Å². The number of rotatable bonds is 5. The number of aromatic nitrogens is 2. The Balaban J connectivity index is 1.89. The van der Waals surface area contributed by atoms with E-state index in [1.165, 1.54) is 12.4 Å². The van der Waals surface area contributed by atoms with Crippen molar-refractivity contribution < 1.29 is 14.7 Å². The third-order valence-electron chi connectivity index (χ3n) is 3.86. The Labute approximate surface area is 123 Å². The van der Waals surface area contributed by atoms with Crippen LogP contribution >= 0.6 is 0 Å². The standard InChI is InChI=1S/C14H20N4O3/c19-11(20)9-14(5-2-1-3-6-14)10-17-13(21)18-12-15-7-4-8-16-12/h4,7-8H,1-3,5-6,9-10H2,(H,19,20)(H2,15,16,17,18,21). The molecule has 1 heterocycles. The normalized spacial score (nSPS) is 17.0. The summed E-state index contributed by atoms with van der Waals surface area (Å²) in [5, 5.41) is 14.4. The van der Waals surface area contributed by atoms with E-state index in [2.05, 4.69) is 20.6 Å². The van der Waals surface area contributed by atoms with Crippen molar-refractivity contribution in [1.29, 1.82) is 0 Å². The minimum Gasteiger partial charge on any atom is -0.481 e. The lowest BCUT2D eigenvalue weighted by molar-refractivity contribution is -0.140. The Morgan fingerprint density at radius 2 is 1.86 bits per heavy atom. The second kappa shape index (κ2) is 7.01. The summed E-state index contributed by atoms with van der Waals surface area (Å²) in [5.74, 6) is -0.587. The molecular formula is C14H20N4O3. The summed E-state index contributed by atoms with van der Waals surface area (Å²) >= 11 is 0. The van der Waals surface area contributed by atoms with E-state index in [0.29, 0.717) is 6.54 Å². The van der Waals surface area contributed by atoms with Gasteiger partial charge in [0.15, 0.2) is 0 Å². The molecule has 114 valence electrons. The van der Waals surface area contributed by atoms with Gasteiger partial charge in [-0.1, -0.05) is 19.3 Å². The van der Waals surface area contributed by atoms with Gasteiger partial charge in [-0.3, -0.25) is 10.1 Å². The third kappa shape index (κ3) is 4.70. The minimum atomic E-state index is -0.814. The van der Waals surface area contributed by atoms with E-state index >= 15 is 0 Å². The molecule has 0 aliphatic heterocycles. The minimum absolute atomic E-state index is 0.0924. The largest absolute Gasteiger partial charge is 0.481 e. The summed E-state index contributed by atoms with van der Waals surface area (Å²) in [4.78, 5) is 30.7. The Morgan fingerprint density at radius 3 is 2.48 bits per heavy atom. The van der Waals surface area contributed by atoms with Gasteiger partial charge in [0, 0.05) is 18.9 Å². The second-order valence-electron chi connectivity index (χ2n) is 5.51. The van der Waals surface area contributed by atoms with E-state index in [4.69, 9.17) is 5.11 Å². The third-order valence-corrected chi connectivity index (χ3v) is 3.86. The fourth-order valence-corrected chi connectivity index (χ4v) is 2.82. The van der Waals surface area contributed by atoms with Crippen LogP contribution in [0.2, 0.25) is 0 Å². The van der Waals surface area contributed by atoms with Crippen LogP contribution in [0.5, 0.6) is 0 Å². The van der Waals surface area contributed by atoms with Crippen LogP contribution < -0.4 is 10.6 Å². The zero-order valence-electron chi connectivity index (χ0n) is 11.8. The molecule has 1 fully saturated rings. The lowest BCUT2D eigenvalue weighted by Crippen LogP contribution is -2.42. The number of anilines is 1. The molecule has 0 spiro atoms. The molecule has 1 aromatic heterocycles. The SMILES string of the molecule is O=C(O)CC1(CNC(=O)Nc2ncccn2)CCCCC1. The van der Waals surface area contributed by atoms with Crippen LogP contribution in [0.3, 0.4) is 0 Å². The zero-order valence-corrected chi connectivity index (χ0v) is 11.8. The molecule has 7 nitrogen and oxygen atoms in total. The number of carboxylic acid groups (broad SMARTS) is 1. The van der Waals surface area contributed by atoms with Crippen molar-refractivity contribution in [1.82, 2.24) is 15.3 Å². The van der Waals surface area contributed by atoms with E-state index in [1.54, 1.807) is 6.07 Å². The number of urea groups is 1. The fraction of sp³-hybridized carbons (Fsp3) is 0.571. The summed E-state index contributed by atoms with van der Waals surface area (Å²) in [7, 11) is 0. The predicted molar refractivity (Wildman–Crippen MR) is 76.8 cm³/mol. The van der Waals surface area contributed by atoms with Gasteiger partial charge in [0.05, 0.1) is 6.42 Å². The molecule has 0 saturated heterocycles. The maximum Gasteiger partial charge on any atom is 0.321 e. The summed E-state index contributed by atoms with van der Waals surface area (Å²) in [5.41, 5.74) is -0.334. The van der Waals surface area contributed by atoms with Crippen LogP contribution in [-0.4, -0.2) is 33.6 Å². The molecule has 0 atom stereocenters. The average Bonchev–Trinajstić information content (AvgIpc) is 2.47. The highest BCUT2D eigenvalue weighted by Gasteiger charge is 2.34. The first-order chi connectivity index (χ1) is 10.1. The predicted octanol–water partition coefficient (Wildman–Crippen LogP) is 2.02. The molecule has 2 amide bonds. The topological polar surface area (TPSA) is 104 Å². The van der Waals surface area contributed by atoms with Crippen molar-refractivity contribution in [3.8, 4) is 0 Å². The van der Waals surface area contributed by atoms with Crippen molar-refractivity contribution in [2.24, 2.45) is 5.41 Å². The van der Waals surface area contributed by atoms with Gasteiger partial charge in [0.1, 0.15) is 0 Å². The maximum absolute atomic E-state index is 11.8. The van der Waals surface area contributed by atoms with E-state index in [0.717, 1.165) is 32.1 Å². The Morgan fingerprint density at radius 1 is 1.19 bits per heavy atom. The summed E-state index contributed by atoms with van der Waals surface area (Å²) in [6.07, 6.45) is 7.99. The van der Waals surface area contributed by atoms with Gasteiger partial charge in [-0.2, -0.15) is 0 Å². The number of carbonyl (C=O) groups is 2. The van der Waals surface area contributed by atoms with Crippen molar-refractivity contribution in [2.45, 2.75) is 38.5 Å². The first-order valence-electron chi connectivity index (χ1n) is 7.13. The second-order valence-corrected chi connectivity index (χ2v) is 5.51. The zero-order chi connectivity index (χ0) is 15.1. The van der Waals surface area contributed by atoms with E-state index in [9.17, 15) is 9.59 Å². The molecule has 1 aromatic rings. The molecule has 0 unspecified atom stereocenters. The molecule has 1 aliphatic carbocycles. The smallest absolute Gasteiger partial charge is 0.321 e. The first-order valence-corrected chi connectivity index (χ1v) is 7.13. The number of aliphatic carboxylic acids is 1.